The van der Waals surface area contributed by atoms with Crippen LogP contribution in [0.15, 0.2) is 12.1 Å². The molecule has 2 rings (SSSR count). The molecule has 25 heavy (non-hydrogen) atoms. The van der Waals surface area contributed by atoms with E-state index in [-0.39, 0.29) is 30.6 Å². The van der Waals surface area contributed by atoms with Crippen LogP contribution in [0.3, 0.4) is 0 Å². The van der Waals surface area contributed by atoms with Crippen LogP contribution in [0.5, 0.6) is 0 Å². The van der Waals surface area contributed by atoms with E-state index < -0.39 is 5.60 Å². The Morgan fingerprint density at radius 2 is 2.12 bits per heavy atom. The van der Waals surface area contributed by atoms with Crippen molar-refractivity contribution >= 4 is 17.5 Å². The number of amides is 1. The standard InChI is InChI=1S/C18H24N4O2.V/c1-13-11-21(15-5-6-16(20)14(9-15)10-19)7-8-22(12-13)17(23)24-18(2,3)4;/h6,9,13H,1,7-8,11-12,20H2,2-4H3;/q-2;+2. The van der Waals surface area contributed by atoms with Crippen LogP contribution in [0.2, 0.25) is 0 Å². The molecule has 1 saturated heterocycles. The molecule has 0 aliphatic carbocycles. The predicted octanol–water partition coefficient (Wildman–Crippen LogP) is 2.45. The van der Waals surface area contributed by atoms with E-state index in [0.717, 1.165) is 5.69 Å². The molecule has 6 nitrogen and oxygen atoms in total. The average Bonchev–Trinajstić information content (AvgIpc) is 2.68. The van der Waals surface area contributed by atoms with Crippen molar-refractivity contribution in [3.05, 3.63) is 30.7 Å². The van der Waals surface area contributed by atoms with Gasteiger partial charge in [-0.05, 0) is 32.9 Å². The second-order valence-electron chi connectivity index (χ2n) is 7.04. The number of rotatable bonds is 1. The molecule has 1 radical (unpaired) electrons. The number of ether oxygens (including phenoxy) is 1. The smallest absolute Gasteiger partial charge is 0.448 e. The number of hydrogen-bond donors (Lipinski definition) is 1. The van der Waals surface area contributed by atoms with E-state index in [1.165, 1.54) is 0 Å². The first-order valence-electron chi connectivity index (χ1n) is 7.97. The molecule has 0 bridgehead atoms. The summed E-state index contributed by atoms with van der Waals surface area (Å²) in [6.07, 6.45) is -0.322. The van der Waals surface area contributed by atoms with E-state index in [2.05, 4.69) is 24.0 Å². The molecule has 1 aliphatic heterocycles. The second kappa shape index (κ2) is 8.51. The third-order valence-electron chi connectivity index (χ3n) is 3.68. The summed E-state index contributed by atoms with van der Waals surface area (Å²) < 4.78 is 5.45. The fraction of sp³-hybridized carbons (Fsp3) is 0.500. The van der Waals surface area contributed by atoms with Crippen LogP contribution in [-0.4, -0.2) is 42.8 Å². The van der Waals surface area contributed by atoms with Crippen molar-refractivity contribution in [3.8, 4) is 6.07 Å². The summed E-state index contributed by atoms with van der Waals surface area (Å²) in [5.74, 6) is 0.0245. The molecule has 1 atom stereocenters. The van der Waals surface area contributed by atoms with Crippen LogP contribution in [0, 0.1) is 30.2 Å². The van der Waals surface area contributed by atoms with Gasteiger partial charge in [0.05, 0.1) is 6.07 Å². The summed E-state index contributed by atoms with van der Waals surface area (Å²) in [7, 11) is 0. The minimum Gasteiger partial charge on any atom is -0.448 e. The molecular formula is C18H24N4O2V. The quantitative estimate of drug-likeness (QED) is 0.599. The van der Waals surface area contributed by atoms with Gasteiger partial charge < -0.3 is 27.2 Å². The number of hydrogen-bond acceptors (Lipinski definition) is 5. The first kappa shape index (κ1) is 21.2. The van der Waals surface area contributed by atoms with Gasteiger partial charge in [-0.25, -0.2) is 4.79 Å². The number of nitriles is 1. The maximum Gasteiger partial charge on any atom is 2.00 e. The summed E-state index contributed by atoms with van der Waals surface area (Å²) in [5, 5.41) is 9.13. The van der Waals surface area contributed by atoms with Crippen molar-refractivity contribution in [1.82, 2.24) is 4.90 Å². The van der Waals surface area contributed by atoms with Gasteiger partial charge in [0, 0.05) is 19.6 Å². The van der Waals surface area contributed by atoms with Gasteiger partial charge in [0.2, 0.25) is 0 Å². The predicted molar refractivity (Wildman–Crippen MR) is 93.3 cm³/mol. The number of nitrogens with zero attached hydrogens (tertiary/aromatic N) is 3. The van der Waals surface area contributed by atoms with E-state index in [4.69, 9.17) is 15.7 Å². The molecule has 7 heteroatoms. The molecule has 2 N–H and O–H groups in total. The van der Waals surface area contributed by atoms with Gasteiger partial charge in [-0.1, -0.05) is 11.4 Å². The average molecular weight is 379 g/mol. The van der Waals surface area contributed by atoms with Crippen molar-refractivity contribution in [1.29, 1.82) is 5.26 Å². The molecule has 1 heterocycles. The number of carbonyl (C=O) groups excluding carboxylic acids is 1. The summed E-state index contributed by atoms with van der Waals surface area (Å²) in [6, 6.07) is 8.52. The Hall–Kier alpha value is -1.84. The van der Waals surface area contributed by atoms with Crippen LogP contribution >= 0.6 is 0 Å². The second-order valence-corrected chi connectivity index (χ2v) is 7.04. The summed E-state index contributed by atoms with van der Waals surface area (Å²) in [6.45, 7) is 12.0. The minimum absolute atomic E-state index is 0. The first-order valence-corrected chi connectivity index (χ1v) is 7.97. The summed E-state index contributed by atoms with van der Waals surface area (Å²) in [4.78, 5) is 16.0. The molecular weight excluding hydrogens is 355 g/mol. The number of nitrogens with two attached hydrogens (primary N) is 1. The Kier molecular flexibility index (Phi) is 7.22. The summed E-state index contributed by atoms with van der Waals surface area (Å²) >= 11 is 0. The van der Waals surface area contributed by atoms with Crippen molar-refractivity contribution in [2.24, 2.45) is 5.92 Å². The number of anilines is 2. The van der Waals surface area contributed by atoms with Crippen LogP contribution in [-0.2, 0) is 23.3 Å². The Morgan fingerprint density at radius 3 is 2.72 bits per heavy atom. The molecule has 0 aromatic heterocycles. The Morgan fingerprint density at radius 1 is 1.44 bits per heavy atom. The van der Waals surface area contributed by atoms with Gasteiger partial charge in [-0.15, -0.1) is 12.0 Å². The van der Waals surface area contributed by atoms with Crippen molar-refractivity contribution in [3.63, 3.8) is 0 Å². The van der Waals surface area contributed by atoms with Crippen molar-refractivity contribution < 1.29 is 28.1 Å². The zero-order valence-corrected chi connectivity index (χ0v) is 16.3. The van der Waals surface area contributed by atoms with Crippen LogP contribution in [0.4, 0.5) is 16.2 Å². The molecule has 133 valence electrons. The van der Waals surface area contributed by atoms with Gasteiger partial charge in [-0.3, -0.25) is 0 Å². The number of benzene rings is 1. The van der Waals surface area contributed by atoms with Crippen molar-refractivity contribution in [2.45, 2.75) is 26.4 Å². The largest absolute Gasteiger partial charge is 2.00 e. The third kappa shape index (κ3) is 5.88. The Labute approximate surface area is 161 Å². The molecule has 1 aromatic rings. The topological polar surface area (TPSA) is 82.6 Å². The van der Waals surface area contributed by atoms with E-state index >= 15 is 0 Å². The molecule has 1 aromatic carbocycles. The van der Waals surface area contributed by atoms with Gasteiger partial charge in [-0.2, -0.15) is 17.4 Å². The molecule has 1 amide bonds. The molecule has 1 fully saturated rings. The van der Waals surface area contributed by atoms with E-state index in [9.17, 15) is 4.79 Å². The fourth-order valence-corrected chi connectivity index (χ4v) is 2.59. The molecule has 1 aliphatic rings. The van der Waals surface area contributed by atoms with Crippen LogP contribution in [0.1, 0.15) is 26.3 Å². The normalized spacial score (nSPS) is 18.0. The zero-order valence-electron chi connectivity index (χ0n) is 15.0. The van der Waals surface area contributed by atoms with E-state index in [1.54, 1.807) is 17.0 Å². The number of carbonyl (C=O) groups is 1. The minimum atomic E-state index is -0.522. The zero-order chi connectivity index (χ0) is 17.9. The van der Waals surface area contributed by atoms with Crippen molar-refractivity contribution in [2.75, 3.05) is 36.8 Å². The van der Waals surface area contributed by atoms with Gasteiger partial charge in [0.25, 0.3) is 0 Å². The Balaban J connectivity index is 0.00000312. The van der Waals surface area contributed by atoms with E-state index in [1.807, 2.05) is 20.8 Å². The maximum atomic E-state index is 12.3. The Bertz CT molecular complexity index is 651. The molecule has 0 spiro atoms. The molecule has 0 saturated carbocycles. The van der Waals surface area contributed by atoms with E-state index in [0.29, 0.717) is 37.4 Å². The first-order chi connectivity index (χ1) is 11.2. The van der Waals surface area contributed by atoms with Gasteiger partial charge in [0.1, 0.15) is 5.60 Å². The number of nitrogen functional groups attached to an aromatic ring is 1. The maximum absolute atomic E-state index is 12.3. The summed E-state index contributed by atoms with van der Waals surface area (Å²) in [5.41, 5.74) is 6.87. The third-order valence-corrected chi connectivity index (χ3v) is 3.68. The van der Waals surface area contributed by atoms with Gasteiger partial charge >= 0.3 is 24.6 Å². The SMILES string of the molecule is [CH2-]C1CN(C(=O)OC(C)(C)C)CCN(c2[c-]cc(N)c(C#N)c2)C1.[V+2]. The van der Waals surface area contributed by atoms with Crippen LogP contribution in [0.25, 0.3) is 0 Å². The monoisotopic (exact) mass is 379 g/mol. The van der Waals surface area contributed by atoms with Gasteiger partial charge in [0.15, 0.2) is 0 Å². The fourth-order valence-electron chi connectivity index (χ4n) is 2.59. The molecule has 1 unspecified atom stereocenters. The van der Waals surface area contributed by atoms with Crippen LogP contribution < -0.4 is 10.6 Å².